The number of nitrogens with zero attached hydrogens (tertiary/aromatic N) is 1. The first-order valence-corrected chi connectivity index (χ1v) is 6.32. The molecule has 1 aliphatic rings. The average molecular weight is 266 g/mol. The van der Waals surface area contributed by atoms with Crippen molar-refractivity contribution in [3.63, 3.8) is 0 Å². The summed E-state index contributed by atoms with van der Waals surface area (Å²) >= 11 is 0. The molecule has 106 valence electrons. The maximum atomic E-state index is 11.9. The van der Waals surface area contributed by atoms with E-state index in [0.717, 1.165) is 25.7 Å². The van der Waals surface area contributed by atoms with Crippen LogP contribution in [0.1, 0.15) is 32.6 Å². The lowest BCUT2D eigenvalue weighted by Gasteiger charge is -2.33. The van der Waals surface area contributed by atoms with Crippen LogP contribution in [0, 0.1) is 5.92 Å². The van der Waals surface area contributed by atoms with Crippen molar-refractivity contribution in [2.75, 3.05) is 20.1 Å². The largest absolute Gasteiger partial charge is 0.401 e. The number of halogens is 3. The molecule has 0 radical (unpaired) electrons. The van der Waals surface area contributed by atoms with E-state index >= 15 is 0 Å². The summed E-state index contributed by atoms with van der Waals surface area (Å²) in [6, 6.07) is 0.182. The molecule has 1 saturated carbocycles. The molecule has 0 aromatic carbocycles. The first-order chi connectivity index (χ1) is 8.29. The Balaban J connectivity index is 2.28. The third-order valence-electron chi connectivity index (χ3n) is 3.53. The van der Waals surface area contributed by atoms with Gasteiger partial charge < -0.3 is 10.2 Å². The summed E-state index contributed by atoms with van der Waals surface area (Å²) in [5.41, 5.74) is 0. The van der Waals surface area contributed by atoms with Gasteiger partial charge in [-0.2, -0.15) is 13.2 Å². The molecule has 1 aliphatic carbocycles. The highest BCUT2D eigenvalue weighted by Crippen LogP contribution is 2.26. The highest BCUT2D eigenvalue weighted by molar-refractivity contribution is 5.78. The minimum atomic E-state index is -4.26. The van der Waals surface area contributed by atoms with Crippen molar-refractivity contribution in [1.82, 2.24) is 10.2 Å². The lowest BCUT2D eigenvalue weighted by atomic mass is 9.87. The van der Waals surface area contributed by atoms with Crippen LogP contribution < -0.4 is 5.32 Å². The molecular formula is C12H21F3N2O. The van der Waals surface area contributed by atoms with Gasteiger partial charge in [0.1, 0.15) is 0 Å². The van der Waals surface area contributed by atoms with Gasteiger partial charge >= 0.3 is 6.18 Å². The van der Waals surface area contributed by atoms with E-state index in [0.29, 0.717) is 5.92 Å². The second-order valence-electron chi connectivity index (χ2n) is 5.14. The highest BCUT2D eigenvalue weighted by Gasteiger charge is 2.28. The molecule has 18 heavy (non-hydrogen) atoms. The van der Waals surface area contributed by atoms with Crippen molar-refractivity contribution in [1.29, 1.82) is 0 Å². The Bertz CT molecular complexity index is 273. The van der Waals surface area contributed by atoms with E-state index in [1.807, 2.05) is 0 Å². The standard InChI is InChI=1S/C12H21F3N2O/c1-9-3-5-10(6-4-9)17(2)11(18)7-16-8-12(13,14)15/h9-10,16H,3-8H2,1-2H3. The van der Waals surface area contributed by atoms with E-state index in [1.165, 1.54) is 0 Å². The predicted octanol–water partition coefficient (Wildman–Crippen LogP) is 2.18. The molecule has 0 saturated heterocycles. The smallest absolute Gasteiger partial charge is 0.342 e. The number of nitrogens with one attached hydrogen (secondary N) is 1. The molecule has 0 aromatic heterocycles. The second kappa shape index (κ2) is 6.41. The lowest BCUT2D eigenvalue weighted by Crippen LogP contribution is -2.44. The summed E-state index contributed by atoms with van der Waals surface area (Å²) in [7, 11) is 1.68. The minimum absolute atomic E-state index is 0.182. The average Bonchev–Trinajstić information content (AvgIpc) is 2.27. The first-order valence-electron chi connectivity index (χ1n) is 6.32. The van der Waals surface area contributed by atoms with Crippen molar-refractivity contribution >= 4 is 5.91 Å². The molecule has 0 atom stereocenters. The number of carbonyl (C=O) groups excluding carboxylic acids is 1. The van der Waals surface area contributed by atoms with Gasteiger partial charge in [-0.3, -0.25) is 4.79 Å². The van der Waals surface area contributed by atoms with Crippen LogP contribution in [0.25, 0.3) is 0 Å². The number of amides is 1. The van der Waals surface area contributed by atoms with E-state index in [9.17, 15) is 18.0 Å². The van der Waals surface area contributed by atoms with Crippen LogP contribution in [-0.4, -0.2) is 43.2 Å². The van der Waals surface area contributed by atoms with Crippen LogP contribution in [-0.2, 0) is 4.79 Å². The third kappa shape index (κ3) is 5.25. The topological polar surface area (TPSA) is 32.3 Å². The Hall–Kier alpha value is -0.780. The molecule has 1 rings (SSSR count). The van der Waals surface area contributed by atoms with E-state index in [2.05, 4.69) is 12.2 Å². The molecule has 0 unspecified atom stereocenters. The number of rotatable bonds is 4. The zero-order valence-electron chi connectivity index (χ0n) is 10.9. The molecule has 0 aliphatic heterocycles. The fraction of sp³-hybridized carbons (Fsp3) is 0.917. The Morgan fingerprint density at radius 2 is 1.83 bits per heavy atom. The quantitative estimate of drug-likeness (QED) is 0.846. The fourth-order valence-corrected chi connectivity index (χ4v) is 2.27. The van der Waals surface area contributed by atoms with Crippen molar-refractivity contribution in [2.45, 2.75) is 44.8 Å². The molecule has 3 nitrogen and oxygen atoms in total. The van der Waals surface area contributed by atoms with Crippen LogP contribution in [0.3, 0.4) is 0 Å². The Labute approximate surface area is 106 Å². The monoisotopic (exact) mass is 266 g/mol. The number of alkyl halides is 3. The summed E-state index contributed by atoms with van der Waals surface area (Å²) in [6.45, 7) is 0.819. The second-order valence-corrected chi connectivity index (χ2v) is 5.14. The molecule has 0 bridgehead atoms. The molecular weight excluding hydrogens is 245 g/mol. The maximum absolute atomic E-state index is 11.9. The van der Waals surface area contributed by atoms with Crippen LogP contribution in [0.2, 0.25) is 0 Å². The normalized spacial score (nSPS) is 24.9. The number of likely N-dealkylation sites (N-methyl/N-ethyl adjacent to an activating group) is 1. The molecule has 0 aromatic rings. The van der Waals surface area contributed by atoms with Gasteiger partial charge in [-0.25, -0.2) is 0 Å². The van der Waals surface area contributed by atoms with Crippen LogP contribution in [0.5, 0.6) is 0 Å². The third-order valence-corrected chi connectivity index (χ3v) is 3.53. The Morgan fingerprint density at radius 3 is 2.33 bits per heavy atom. The molecule has 1 amide bonds. The van der Waals surface area contributed by atoms with Gasteiger partial charge in [0.25, 0.3) is 0 Å². The van der Waals surface area contributed by atoms with Gasteiger partial charge in [-0.1, -0.05) is 6.92 Å². The minimum Gasteiger partial charge on any atom is -0.342 e. The highest BCUT2D eigenvalue weighted by atomic mass is 19.4. The SMILES string of the molecule is CC1CCC(N(C)C(=O)CNCC(F)(F)F)CC1. The number of carbonyl (C=O) groups is 1. The first kappa shape index (κ1) is 15.3. The van der Waals surface area contributed by atoms with Crippen LogP contribution >= 0.6 is 0 Å². The summed E-state index contributed by atoms with van der Waals surface area (Å²) in [6.07, 6.45) is -0.207. The molecule has 1 N–H and O–H groups in total. The Kier molecular flexibility index (Phi) is 5.44. The van der Waals surface area contributed by atoms with Crippen molar-refractivity contribution in [3.8, 4) is 0 Å². The van der Waals surface area contributed by atoms with Crippen molar-refractivity contribution in [3.05, 3.63) is 0 Å². The van der Waals surface area contributed by atoms with Crippen LogP contribution in [0.15, 0.2) is 0 Å². The van der Waals surface area contributed by atoms with E-state index < -0.39 is 12.7 Å². The molecule has 0 heterocycles. The summed E-state index contributed by atoms with van der Waals surface area (Å²) in [4.78, 5) is 13.3. The van der Waals surface area contributed by atoms with Gasteiger partial charge in [0.2, 0.25) is 5.91 Å². The summed E-state index contributed by atoms with van der Waals surface area (Å²) < 4.78 is 35.8. The fourth-order valence-electron chi connectivity index (χ4n) is 2.27. The van der Waals surface area contributed by atoms with Gasteiger partial charge in [0.15, 0.2) is 0 Å². The molecule has 1 fully saturated rings. The van der Waals surface area contributed by atoms with E-state index in [-0.39, 0.29) is 18.5 Å². The van der Waals surface area contributed by atoms with Gasteiger partial charge in [-0.05, 0) is 31.6 Å². The van der Waals surface area contributed by atoms with Crippen LogP contribution in [0.4, 0.5) is 13.2 Å². The van der Waals surface area contributed by atoms with Gasteiger partial charge in [0.05, 0.1) is 13.1 Å². The maximum Gasteiger partial charge on any atom is 0.401 e. The lowest BCUT2D eigenvalue weighted by molar-refractivity contribution is -0.135. The van der Waals surface area contributed by atoms with Gasteiger partial charge in [0, 0.05) is 13.1 Å². The molecule has 6 heteroatoms. The Morgan fingerprint density at radius 1 is 1.28 bits per heavy atom. The predicted molar refractivity (Wildman–Crippen MR) is 63.1 cm³/mol. The summed E-state index contributed by atoms with van der Waals surface area (Å²) in [5, 5.41) is 2.14. The zero-order valence-corrected chi connectivity index (χ0v) is 10.9. The zero-order chi connectivity index (χ0) is 13.8. The summed E-state index contributed by atoms with van der Waals surface area (Å²) in [5.74, 6) is 0.423. The molecule has 0 spiro atoms. The van der Waals surface area contributed by atoms with E-state index in [1.54, 1.807) is 11.9 Å². The number of hydrogen-bond donors (Lipinski definition) is 1. The number of hydrogen-bond acceptors (Lipinski definition) is 2. The van der Waals surface area contributed by atoms with Crippen molar-refractivity contribution < 1.29 is 18.0 Å². The van der Waals surface area contributed by atoms with Crippen molar-refractivity contribution in [2.24, 2.45) is 5.92 Å². The van der Waals surface area contributed by atoms with Gasteiger partial charge in [-0.15, -0.1) is 0 Å². The van der Waals surface area contributed by atoms with E-state index in [4.69, 9.17) is 0 Å².